The van der Waals surface area contributed by atoms with Crippen molar-refractivity contribution >= 4 is 43.5 Å². The third-order valence-corrected chi connectivity index (χ3v) is 3.58. The normalized spacial score (nSPS) is 21.1. The Bertz CT molecular complexity index is 408. The van der Waals surface area contributed by atoms with Crippen LogP contribution < -0.4 is 10.6 Å². The van der Waals surface area contributed by atoms with E-state index in [2.05, 4.69) is 31.9 Å². The highest BCUT2D eigenvalue weighted by Gasteiger charge is 2.30. The number of amides is 1. The van der Waals surface area contributed by atoms with Crippen molar-refractivity contribution in [1.29, 1.82) is 0 Å². The van der Waals surface area contributed by atoms with Gasteiger partial charge in [-0.2, -0.15) is 0 Å². The molecule has 0 radical (unpaired) electrons. The molecule has 1 heterocycles. The first-order chi connectivity index (χ1) is 7.09. The maximum absolute atomic E-state index is 11.7. The van der Waals surface area contributed by atoms with Gasteiger partial charge in [0.1, 0.15) is 0 Å². The fourth-order valence-corrected chi connectivity index (χ4v) is 2.90. The third-order valence-electron chi connectivity index (χ3n) is 2.45. The van der Waals surface area contributed by atoms with E-state index in [0.717, 1.165) is 21.1 Å². The molecule has 2 N–H and O–H groups in total. The lowest BCUT2D eigenvalue weighted by molar-refractivity contribution is -0.118. The number of benzene rings is 1. The molecule has 1 aliphatic rings. The van der Waals surface area contributed by atoms with Crippen molar-refractivity contribution in [3.05, 3.63) is 27.1 Å². The molecule has 1 saturated heterocycles. The van der Waals surface area contributed by atoms with Gasteiger partial charge in [0.15, 0.2) is 0 Å². The van der Waals surface area contributed by atoms with Gasteiger partial charge in [-0.05, 0) is 40.5 Å². The van der Waals surface area contributed by atoms with Gasteiger partial charge in [0.25, 0.3) is 0 Å². The summed E-state index contributed by atoms with van der Waals surface area (Å²) in [6.07, 6.45) is 0.724. The Morgan fingerprint density at radius 3 is 2.67 bits per heavy atom. The van der Waals surface area contributed by atoms with Crippen LogP contribution in [0.15, 0.2) is 27.1 Å². The molecule has 1 aromatic carbocycles. The van der Waals surface area contributed by atoms with Crippen molar-refractivity contribution in [2.24, 2.45) is 5.73 Å². The first kappa shape index (κ1) is 11.1. The van der Waals surface area contributed by atoms with Crippen LogP contribution in [0.4, 0.5) is 5.69 Å². The summed E-state index contributed by atoms with van der Waals surface area (Å²) < 4.78 is 1.88. The molecule has 3 nitrogen and oxygen atoms in total. The minimum atomic E-state index is -0.347. The zero-order valence-corrected chi connectivity index (χ0v) is 11.1. The molecule has 1 fully saturated rings. The van der Waals surface area contributed by atoms with Crippen LogP contribution in [0.25, 0.3) is 0 Å². The summed E-state index contributed by atoms with van der Waals surface area (Å²) >= 11 is 6.81. The monoisotopic (exact) mass is 332 g/mol. The first-order valence-corrected chi connectivity index (χ1v) is 6.20. The maximum atomic E-state index is 11.7. The number of hydrogen-bond acceptors (Lipinski definition) is 2. The SMILES string of the molecule is NC1CCN(c2ccc(Br)cc2Br)C1=O. The van der Waals surface area contributed by atoms with E-state index < -0.39 is 0 Å². The van der Waals surface area contributed by atoms with Gasteiger partial charge in [-0.25, -0.2) is 0 Å². The minimum absolute atomic E-state index is 0.00183. The van der Waals surface area contributed by atoms with Crippen LogP contribution in [0.3, 0.4) is 0 Å². The number of nitrogens with zero attached hydrogens (tertiary/aromatic N) is 1. The van der Waals surface area contributed by atoms with E-state index >= 15 is 0 Å². The van der Waals surface area contributed by atoms with Gasteiger partial charge >= 0.3 is 0 Å². The van der Waals surface area contributed by atoms with Crippen LogP contribution in [0, 0.1) is 0 Å². The zero-order valence-electron chi connectivity index (χ0n) is 7.91. The van der Waals surface area contributed by atoms with Crippen molar-refractivity contribution in [3.63, 3.8) is 0 Å². The molecule has 1 atom stereocenters. The van der Waals surface area contributed by atoms with E-state index in [0.29, 0.717) is 6.54 Å². The maximum Gasteiger partial charge on any atom is 0.243 e. The van der Waals surface area contributed by atoms with E-state index in [1.54, 1.807) is 4.90 Å². The molecular formula is C10H10Br2N2O. The number of carbonyl (C=O) groups excluding carboxylic acids is 1. The molecule has 0 spiro atoms. The lowest BCUT2D eigenvalue weighted by Crippen LogP contribution is -2.34. The Hall–Kier alpha value is -0.390. The quantitative estimate of drug-likeness (QED) is 0.857. The van der Waals surface area contributed by atoms with Crippen molar-refractivity contribution in [1.82, 2.24) is 0 Å². The number of carbonyl (C=O) groups is 1. The van der Waals surface area contributed by atoms with Crippen LogP contribution in [-0.4, -0.2) is 18.5 Å². The highest BCUT2D eigenvalue weighted by atomic mass is 79.9. The third kappa shape index (κ3) is 2.09. The first-order valence-electron chi connectivity index (χ1n) is 4.61. The predicted molar refractivity (Wildman–Crippen MR) is 66.8 cm³/mol. The summed E-state index contributed by atoms with van der Waals surface area (Å²) in [5, 5.41) is 0. The second-order valence-electron chi connectivity index (χ2n) is 3.48. The Labute approximate surface area is 105 Å². The highest BCUT2D eigenvalue weighted by molar-refractivity contribution is 9.11. The molecule has 80 valence electrons. The summed E-state index contributed by atoms with van der Waals surface area (Å²) in [6.45, 7) is 0.695. The van der Waals surface area contributed by atoms with Gasteiger partial charge in [0, 0.05) is 15.5 Å². The molecule has 2 rings (SSSR count). The Morgan fingerprint density at radius 1 is 1.40 bits per heavy atom. The summed E-state index contributed by atoms with van der Waals surface area (Å²) in [6, 6.07) is 5.40. The van der Waals surface area contributed by atoms with Gasteiger partial charge in [-0.15, -0.1) is 0 Å². The molecule has 1 aliphatic heterocycles. The molecular weight excluding hydrogens is 324 g/mol. The van der Waals surface area contributed by atoms with Crippen LogP contribution in [0.2, 0.25) is 0 Å². The largest absolute Gasteiger partial charge is 0.320 e. The van der Waals surface area contributed by atoms with E-state index in [9.17, 15) is 4.79 Å². The van der Waals surface area contributed by atoms with Crippen LogP contribution >= 0.6 is 31.9 Å². The number of nitrogens with two attached hydrogens (primary N) is 1. The van der Waals surface area contributed by atoms with E-state index in [-0.39, 0.29) is 11.9 Å². The lowest BCUT2D eigenvalue weighted by Gasteiger charge is -2.17. The molecule has 0 saturated carbocycles. The van der Waals surface area contributed by atoms with Gasteiger partial charge in [-0.1, -0.05) is 15.9 Å². The summed E-state index contributed by atoms with van der Waals surface area (Å²) in [4.78, 5) is 13.4. The fourth-order valence-electron chi connectivity index (χ4n) is 1.64. The van der Waals surface area contributed by atoms with Gasteiger partial charge in [0.05, 0.1) is 11.7 Å². The molecule has 1 unspecified atom stereocenters. The van der Waals surface area contributed by atoms with Gasteiger partial charge in [0.2, 0.25) is 5.91 Å². The molecule has 15 heavy (non-hydrogen) atoms. The Kier molecular flexibility index (Phi) is 3.13. The van der Waals surface area contributed by atoms with Crippen molar-refractivity contribution < 1.29 is 4.79 Å². The van der Waals surface area contributed by atoms with Crippen LogP contribution in [-0.2, 0) is 4.79 Å². The number of anilines is 1. The molecule has 5 heteroatoms. The van der Waals surface area contributed by atoms with Crippen molar-refractivity contribution in [2.75, 3.05) is 11.4 Å². The van der Waals surface area contributed by atoms with E-state index in [1.807, 2.05) is 18.2 Å². The average Bonchev–Trinajstić information content (AvgIpc) is 2.49. The number of rotatable bonds is 1. The summed E-state index contributed by atoms with van der Waals surface area (Å²) in [5.41, 5.74) is 6.56. The minimum Gasteiger partial charge on any atom is -0.320 e. The highest BCUT2D eigenvalue weighted by Crippen LogP contribution is 2.31. The van der Waals surface area contributed by atoms with Crippen molar-refractivity contribution in [3.8, 4) is 0 Å². The molecule has 0 aliphatic carbocycles. The Morgan fingerprint density at radius 2 is 2.13 bits per heavy atom. The second kappa shape index (κ2) is 4.23. The smallest absolute Gasteiger partial charge is 0.243 e. The average molecular weight is 334 g/mol. The van der Waals surface area contributed by atoms with Gasteiger partial charge < -0.3 is 10.6 Å². The van der Waals surface area contributed by atoms with Crippen LogP contribution in [0.5, 0.6) is 0 Å². The fraction of sp³-hybridized carbons (Fsp3) is 0.300. The second-order valence-corrected chi connectivity index (χ2v) is 5.25. The summed E-state index contributed by atoms with van der Waals surface area (Å²) in [5.74, 6) is -0.00183. The van der Waals surface area contributed by atoms with E-state index in [1.165, 1.54) is 0 Å². The number of hydrogen-bond donors (Lipinski definition) is 1. The lowest BCUT2D eigenvalue weighted by atomic mass is 10.3. The van der Waals surface area contributed by atoms with Gasteiger partial charge in [-0.3, -0.25) is 4.79 Å². The molecule has 0 aromatic heterocycles. The standard InChI is InChI=1S/C10H10Br2N2O/c11-6-1-2-9(7(12)5-6)14-4-3-8(13)10(14)15/h1-2,5,8H,3-4,13H2. The molecule has 1 aromatic rings. The predicted octanol–water partition coefficient (Wildman–Crippen LogP) is 2.28. The van der Waals surface area contributed by atoms with E-state index in [4.69, 9.17) is 5.73 Å². The topological polar surface area (TPSA) is 46.3 Å². The van der Waals surface area contributed by atoms with Crippen molar-refractivity contribution in [2.45, 2.75) is 12.5 Å². The molecule has 0 bridgehead atoms. The zero-order chi connectivity index (χ0) is 11.0. The van der Waals surface area contributed by atoms with Crippen LogP contribution in [0.1, 0.15) is 6.42 Å². The molecule has 1 amide bonds. The summed E-state index contributed by atoms with van der Waals surface area (Å²) in [7, 11) is 0. The Balaban J connectivity index is 2.34. The number of halogens is 2.